The van der Waals surface area contributed by atoms with Crippen molar-refractivity contribution in [2.24, 2.45) is 5.73 Å². The van der Waals surface area contributed by atoms with Gasteiger partial charge in [-0.25, -0.2) is 0 Å². The zero-order valence-electron chi connectivity index (χ0n) is 9.50. The molecular weight excluding hydrogens is 264 g/mol. The van der Waals surface area contributed by atoms with Gasteiger partial charge < -0.3 is 10.3 Å². The highest BCUT2D eigenvalue weighted by Gasteiger charge is 2.06. The van der Waals surface area contributed by atoms with E-state index in [0.29, 0.717) is 6.54 Å². The molecule has 0 aliphatic carbocycles. The van der Waals surface area contributed by atoms with Crippen LogP contribution in [-0.2, 0) is 6.54 Å². The van der Waals surface area contributed by atoms with Crippen LogP contribution in [0.3, 0.4) is 0 Å². The first kappa shape index (κ1) is 11.4. The smallest absolute Gasteiger partial charge is 0.0458 e. The van der Waals surface area contributed by atoms with E-state index in [0.717, 1.165) is 10.0 Å². The molecule has 2 N–H and O–H groups in total. The summed E-state index contributed by atoms with van der Waals surface area (Å²) in [4.78, 5) is 0. The van der Waals surface area contributed by atoms with E-state index in [9.17, 15) is 0 Å². The van der Waals surface area contributed by atoms with Crippen molar-refractivity contribution in [1.82, 2.24) is 4.57 Å². The molecule has 1 aromatic heterocycles. The molecule has 16 heavy (non-hydrogen) atoms. The van der Waals surface area contributed by atoms with Crippen molar-refractivity contribution in [3.05, 3.63) is 51.8 Å². The lowest BCUT2D eigenvalue weighted by atomic mass is 10.2. The van der Waals surface area contributed by atoms with Gasteiger partial charge in [-0.1, -0.05) is 15.9 Å². The van der Waals surface area contributed by atoms with E-state index in [2.05, 4.69) is 64.7 Å². The van der Waals surface area contributed by atoms with E-state index >= 15 is 0 Å². The highest BCUT2D eigenvalue weighted by Crippen LogP contribution is 2.22. The summed E-state index contributed by atoms with van der Waals surface area (Å²) in [6, 6.07) is 10.5. The third kappa shape index (κ3) is 1.93. The number of aromatic nitrogens is 1. The van der Waals surface area contributed by atoms with Gasteiger partial charge in [0.15, 0.2) is 0 Å². The van der Waals surface area contributed by atoms with Gasteiger partial charge in [-0.15, -0.1) is 0 Å². The summed E-state index contributed by atoms with van der Waals surface area (Å²) < 4.78 is 3.30. The summed E-state index contributed by atoms with van der Waals surface area (Å²) in [5.41, 5.74) is 10.5. The zero-order valence-corrected chi connectivity index (χ0v) is 11.1. The number of aryl methyl sites for hydroxylation is 2. The summed E-state index contributed by atoms with van der Waals surface area (Å²) in [5, 5.41) is 0. The summed E-state index contributed by atoms with van der Waals surface area (Å²) in [7, 11) is 0. The number of nitrogens with zero attached hydrogens (tertiary/aromatic N) is 1. The molecule has 0 bridgehead atoms. The van der Waals surface area contributed by atoms with Crippen molar-refractivity contribution in [1.29, 1.82) is 0 Å². The van der Waals surface area contributed by atoms with Crippen molar-refractivity contribution in [3.63, 3.8) is 0 Å². The number of rotatable bonds is 2. The predicted molar refractivity (Wildman–Crippen MR) is 70.8 cm³/mol. The Morgan fingerprint density at radius 2 is 1.75 bits per heavy atom. The fraction of sp³-hybridized carbons (Fsp3) is 0.231. The molecule has 0 saturated heterocycles. The SMILES string of the molecule is Cc1ccc(C)n1-c1ccc(Br)c(CN)c1. The number of hydrogen-bond donors (Lipinski definition) is 1. The van der Waals surface area contributed by atoms with Gasteiger partial charge in [0.05, 0.1) is 0 Å². The topological polar surface area (TPSA) is 30.9 Å². The third-order valence-corrected chi connectivity index (χ3v) is 3.55. The molecule has 84 valence electrons. The lowest BCUT2D eigenvalue weighted by molar-refractivity contribution is 0.954. The fourth-order valence-electron chi connectivity index (χ4n) is 1.93. The summed E-state index contributed by atoms with van der Waals surface area (Å²) in [5.74, 6) is 0. The summed E-state index contributed by atoms with van der Waals surface area (Å²) in [6.45, 7) is 4.77. The number of halogens is 1. The largest absolute Gasteiger partial charge is 0.326 e. The van der Waals surface area contributed by atoms with Crippen LogP contribution in [-0.4, -0.2) is 4.57 Å². The second kappa shape index (κ2) is 4.44. The standard InChI is InChI=1S/C13H15BrN2/c1-9-3-4-10(2)16(9)12-5-6-13(14)11(7-12)8-15/h3-7H,8,15H2,1-2H3. The van der Waals surface area contributed by atoms with Crippen LogP contribution in [0.2, 0.25) is 0 Å². The lowest BCUT2D eigenvalue weighted by Crippen LogP contribution is -2.02. The lowest BCUT2D eigenvalue weighted by Gasteiger charge is -2.11. The van der Waals surface area contributed by atoms with E-state index in [1.807, 2.05) is 0 Å². The maximum atomic E-state index is 5.71. The van der Waals surface area contributed by atoms with Crippen LogP contribution in [0.15, 0.2) is 34.8 Å². The number of nitrogens with two attached hydrogens (primary N) is 1. The van der Waals surface area contributed by atoms with Gasteiger partial charge >= 0.3 is 0 Å². The Kier molecular flexibility index (Phi) is 3.17. The van der Waals surface area contributed by atoms with Crippen LogP contribution >= 0.6 is 15.9 Å². The Labute approximate surface area is 104 Å². The molecule has 0 atom stereocenters. The monoisotopic (exact) mass is 278 g/mol. The quantitative estimate of drug-likeness (QED) is 0.898. The first-order chi connectivity index (χ1) is 7.63. The second-order valence-corrected chi connectivity index (χ2v) is 4.79. The normalized spacial score (nSPS) is 10.8. The predicted octanol–water partition coefficient (Wildman–Crippen LogP) is 3.32. The molecule has 0 spiro atoms. The Balaban J connectivity index is 2.57. The number of hydrogen-bond acceptors (Lipinski definition) is 1. The molecule has 1 heterocycles. The van der Waals surface area contributed by atoms with Gasteiger partial charge in [-0.2, -0.15) is 0 Å². The van der Waals surface area contributed by atoms with E-state index in [-0.39, 0.29) is 0 Å². The summed E-state index contributed by atoms with van der Waals surface area (Å²) >= 11 is 3.50. The Morgan fingerprint density at radius 1 is 1.12 bits per heavy atom. The maximum Gasteiger partial charge on any atom is 0.0458 e. The van der Waals surface area contributed by atoms with Crippen molar-refractivity contribution in [2.75, 3.05) is 0 Å². The minimum atomic E-state index is 0.549. The van der Waals surface area contributed by atoms with Crippen molar-refractivity contribution >= 4 is 15.9 Å². The van der Waals surface area contributed by atoms with Gasteiger partial charge in [0.25, 0.3) is 0 Å². The van der Waals surface area contributed by atoms with Gasteiger partial charge in [0.1, 0.15) is 0 Å². The summed E-state index contributed by atoms with van der Waals surface area (Å²) in [6.07, 6.45) is 0. The molecule has 0 unspecified atom stereocenters. The molecule has 0 amide bonds. The van der Waals surface area contributed by atoms with E-state index in [1.165, 1.54) is 17.1 Å². The van der Waals surface area contributed by atoms with Crippen LogP contribution in [0, 0.1) is 13.8 Å². The second-order valence-electron chi connectivity index (χ2n) is 3.93. The molecule has 0 saturated carbocycles. The highest BCUT2D eigenvalue weighted by atomic mass is 79.9. The molecular formula is C13H15BrN2. The molecule has 1 aromatic carbocycles. The number of benzene rings is 1. The first-order valence-electron chi connectivity index (χ1n) is 5.27. The van der Waals surface area contributed by atoms with Crippen LogP contribution in [0.25, 0.3) is 5.69 Å². The van der Waals surface area contributed by atoms with Crippen LogP contribution in [0.4, 0.5) is 0 Å². The van der Waals surface area contributed by atoms with Crippen molar-refractivity contribution < 1.29 is 0 Å². The Bertz CT molecular complexity index is 495. The third-order valence-electron chi connectivity index (χ3n) is 2.78. The minimum Gasteiger partial charge on any atom is -0.326 e. The van der Waals surface area contributed by atoms with E-state index < -0.39 is 0 Å². The first-order valence-corrected chi connectivity index (χ1v) is 6.06. The molecule has 0 aliphatic heterocycles. The van der Waals surface area contributed by atoms with E-state index in [4.69, 9.17) is 5.73 Å². The van der Waals surface area contributed by atoms with E-state index in [1.54, 1.807) is 0 Å². The average Bonchev–Trinajstić information content (AvgIpc) is 2.60. The zero-order chi connectivity index (χ0) is 11.7. The van der Waals surface area contributed by atoms with Gasteiger partial charge in [0.2, 0.25) is 0 Å². The Morgan fingerprint density at radius 3 is 2.31 bits per heavy atom. The van der Waals surface area contributed by atoms with Gasteiger partial charge in [-0.3, -0.25) is 0 Å². The molecule has 2 aromatic rings. The van der Waals surface area contributed by atoms with Crippen molar-refractivity contribution in [3.8, 4) is 5.69 Å². The van der Waals surface area contributed by atoms with Crippen LogP contribution in [0.1, 0.15) is 17.0 Å². The maximum absolute atomic E-state index is 5.71. The molecule has 2 nitrogen and oxygen atoms in total. The van der Waals surface area contributed by atoms with Crippen LogP contribution < -0.4 is 5.73 Å². The van der Waals surface area contributed by atoms with Gasteiger partial charge in [0, 0.05) is 28.1 Å². The van der Waals surface area contributed by atoms with Crippen LogP contribution in [0.5, 0.6) is 0 Å². The molecule has 3 heteroatoms. The molecule has 0 fully saturated rings. The minimum absolute atomic E-state index is 0.549. The highest BCUT2D eigenvalue weighted by molar-refractivity contribution is 9.10. The molecule has 0 aliphatic rings. The average molecular weight is 279 g/mol. The molecule has 2 rings (SSSR count). The van der Waals surface area contributed by atoms with Crippen molar-refractivity contribution in [2.45, 2.75) is 20.4 Å². The molecule has 0 radical (unpaired) electrons. The Hall–Kier alpha value is -1.06. The van der Waals surface area contributed by atoms with Gasteiger partial charge in [-0.05, 0) is 49.7 Å². The fourth-order valence-corrected chi connectivity index (χ4v) is 2.34.